The van der Waals surface area contributed by atoms with Crippen molar-refractivity contribution in [2.45, 2.75) is 52.9 Å². The van der Waals surface area contributed by atoms with Crippen LogP contribution < -0.4 is 10.2 Å². The van der Waals surface area contributed by atoms with E-state index in [4.69, 9.17) is 9.90 Å². The van der Waals surface area contributed by atoms with Gasteiger partial charge in [-0.25, -0.2) is 9.59 Å². The van der Waals surface area contributed by atoms with E-state index in [9.17, 15) is 27.9 Å². The predicted octanol–water partition coefficient (Wildman–Crippen LogP) is 3.92. The Balaban J connectivity index is 0.000000675. The maximum Gasteiger partial charge on any atom is 0.490 e. The third-order valence-electron chi connectivity index (χ3n) is 4.31. The van der Waals surface area contributed by atoms with Gasteiger partial charge in [0.1, 0.15) is 0 Å². The Labute approximate surface area is 188 Å². The summed E-state index contributed by atoms with van der Waals surface area (Å²) in [5.74, 6) is -3.94. The van der Waals surface area contributed by atoms with Crippen LogP contribution in [0.1, 0.15) is 48.4 Å². The molecule has 12 heteroatoms. The maximum absolute atomic E-state index is 11.7. The van der Waals surface area contributed by atoms with E-state index >= 15 is 0 Å². The number of nitrogens with zero attached hydrogens (tertiary/aromatic N) is 3. The SMILES string of the molecule is CCCn1nc(C)cc1CN(C)c1ccc(NC(=O)CC)cc1C(=O)O.O=C(O)C(F)(F)F. The number of carbonyl (C=O) groups is 3. The molecule has 0 aliphatic carbocycles. The van der Waals surface area contributed by atoms with Crippen molar-refractivity contribution < 1.29 is 37.8 Å². The van der Waals surface area contributed by atoms with Crippen molar-refractivity contribution in [1.82, 2.24) is 9.78 Å². The first kappa shape index (κ1) is 27.5. The lowest BCUT2D eigenvalue weighted by molar-refractivity contribution is -0.192. The summed E-state index contributed by atoms with van der Waals surface area (Å²) in [4.78, 5) is 34.0. The Morgan fingerprint density at radius 1 is 1.15 bits per heavy atom. The Bertz CT molecular complexity index is 989. The molecule has 1 aromatic carbocycles. The van der Waals surface area contributed by atoms with Gasteiger partial charge in [-0.15, -0.1) is 0 Å². The molecule has 9 nitrogen and oxygen atoms in total. The van der Waals surface area contributed by atoms with Gasteiger partial charge in [0.15, 0.2) is 0 Å². The van der Waals surface area contributed by atoms with E-state index in [1.54, 1.807) is 19.1 Å². The fourth-order valence-electron chi connectivity index (χ4n) is 2.83. The molecule has 0 atom stereocenters. The summed E-state index contributed by atoms with van der Waals surface area (Å²) in [5.41, 5.74) is 3.20. The van der Waals surface area contributed by atoms with Crippen LogP contribution in [0.15, 0.2) is 24.3 Å². The lowest BCUT2D eigenvalue weighted by Crippen LogP contribution is -2.22. The number of aromatic nitrogens is 2. The number of nitrogens with one attached hydrogen (secondary N) is 1. The number of carboxylic acid groups (broad SMARTS) is 2. The van der Waals surface area contributed by atoms with E-state index in [0.717, 1.165) is 24.4 Å². The van der Waals surface area contributed by atoms with Gasteiger partial charge in [-0.1, -0.05) is 13.8 Å². The van der Waals surface area contributed by atoms with Crippen LogP contribution in [0.25, 0.3) is 0 Å². The van der Waals surface area contributed by atoms with Crippen molar-refractivity contribution in [1.29, 1.82) is 0 Å². The smallest absolute Gasteiger partial charge is 0.478 e. The molecule has 2 rings (SSSR count). The molecule has 0 fully saturated rings. The lowest BCUT2D eigenvalue weighted by Gasteiger charge is -2.22. The minimum Gasteiger partial charge on any atom is -0.478 e. The fourth-order valence-corrected chi connectivity index (χ4v) is 2.83. The van der Waals surface area contributed by atoms with Crippen molar-refractivity contribution >= 4 is 29.2 Å². The van der Waals surface area contributed by atoms with Crippen LogP contribution in [-0.4, -0.2) is 51.1 Å². The van der Waals surface area contributed by atoms with E-state index in [1.165, 1.54) is 6.07 Å². The second-order valence-corrected chi connectivity index (χ2v) is 7.10. The van der Waals surface area contributed by atoms with Gasteiger partial charge in [-0.2, -0.15) is 18.3 Å². The average Bonchev–Trinajstić information content (AvgIpc) is 3.06. The van der Waals surface area contributed by atoms with Crippen molar-refractivity contribution in [2.24, 2.45) is 0 Å². The van der Waals surface area contributed by atoms with E-state index in [2.05, 4.69) is 17.3 Å². The highest BCUT2D eigenvalue weighted by atomic mass is 19.4. The largest absolute Gasteiger partial charge is 0.490 e. The highest BCUT2D eigenvalue weighted by Crippen LogP contribution is 2.25. The van der Waals surface area contributed by atoms with Crippen LogP contribution in [0.5, 0.6) is 0 Å². The van der Waals surface area contributed by atoms with E-state index in [-0.39, 0.29) is 11.5 Å². The number of anilines is 2. The summed E-state index contributed by atoms with van der Waals surface area (Å²) in [5, 5.41) is 23.9. The molecule has 0 radical (unpaired) electrons. The topological polar surface area (TPSA) is 125 Å². The van der Waals surface area contributed by atoms with Crippen molar-refractivity contribution in [3.05, 3.63) is 41.2 Å². The van der Waals surface area contributed by atoms with Gasteiger partial charge < -0.3 is 20.4 Å². The molecule has 0 spiro atoms. The zero-order chi connectivity index (χ0) is 25.3. The van der Waals surface area contributed by atoms with Gasteiger partial charge in [0, 0.05) is 25.7 Å². The van der Waals surface area contributed by atoms with Crippen LogP contribution in [-0.2, 0) is 22.7 Å². The molecule has 1 amide bonds. The number of carboxylic acids is 2. The first-order valence-corrected chi connectivity index (χ1v) is 10.0. The molecule has 0 aliphatic heterocycles. The van der Waals surface area contributed by atoms with Gasteiger partial charge in [-0.05, 0) is 37.6 Å². The van der Waals surface area contributed by atoms with E-state index < -0.39 is 18.1 Å². The number of aryl methyl sites for hydroxylation is 2. The molecule has 1 heterocycles. The maximum atomic E-state index is 11.7. The highest BCUT2D eigenvalue weighted by Gasteiger charge is 2.38. The van der Waals surface area contributed by atoms with Gasteiger partial charge in [-0.3, -0.25) is 9.48 Å². The number of halogens is 3. The van der Waals surface area contributed by atoms with Crippen LogP contribution in [0.2, 0.25) is 0 Å². The van der Waals surface area contributed by atoms with Crippen LogP contribution in [0, 0.1) is 6.92 Å². The number of benzene rings is 1. The molecule has 182 valence electrons. The average molecular weight is 472 g/mol. The van der Waals surface area contributed by atoms with Crippen molar-refractivity contribution in [3.63, 3.8) is 0 Å². The highest BCUT2D eigenvalue weighted by molar-refractivity contribution is 5.98. The number of amides is 1. The van der Waals surface area contributed by atoms with Gasteiger partial charge in [0.25, 0.3) is 0 Å². The Morgan fingerprint density at radius 3 is 2.24 bits per heavy atom. The summed E-state index contributed by atoms with van der Waals surface area (Å²) >= 11 is 0. The molecule has 0 aliphatic rings. The number of aromatic carboxylic acids is 1. The molecular weight excluding hydrogens is 445 g/mol. The molecule has 2 aromatic rings. The van der Waals surface area contributed by atoms with Crippen LogP contribution in [0.4, 0.5) is 24.5 Å². The summed E-state index contributed by atoms with van der Waals surface area (Å²) < 4.78 is 33.7. The van der Waals surface area contributed by atoms with Crippen LogP contribution in [0.3, 0.4) is 0 Å². The third kappa shape index (κ3) is 8.47. The first-order valence-electron chi connectivity index (χ1n) is 10.0. The summed E-state index contributed by atoms with van der Waals surface area (Å²) in [7, 11) is 1.85. The number of rotatable bonds is 8. The molecular formula is C21H27F3N4O5. The minimum atomic E-state index is -5.08. The predicted molar refractivity (Wildman–Crippen MR) is 115 cm³/mol. The normalized spacial score (nSPS) is 10.8. The molecule has 1 aromatic heterocycles. The number of carbonyl (C=O) groups excluding carboxylic acids is 1. The monoisotopic (exact) mass is 472 g/mol. The quantitative estimate of drug-likeness (QED) is 0.532. The van der Waals surface area contributed by atoms with Crippen molar-refractivity contribution in [2.75, 3.05) is 17.3 Å². The molecule has 0 saturated heterocycles. The van der Waals surface area contributed by atoms with Crippen molar-refractivity contribution in [3.8, 4) is 0 Å². The third-order valence-corrected chi connectivity index (χ3v) is 4.31. The zero-order valence-electron chi connectivity index (χ0n) is 18.7. The molecule has 0 bridgehead atoms. The summed E-state index contributed by atoms with van der Waals surface area (Å²) in [6, 6.07) is 6.96. The van der Waals surface area contributed by atoms with Crippen LogP contribution >= 0.6 is 0 Å². The Kier molecular flexibility index (Phi) is 9.89. The molecule has 0 unspecified atom stereocenters. The molecule has 0 saturated carbocycles. The number of alkyl halides is 3. The molecule has 33 heavy (non-hydrogen) atoms. The van der Waals surface area contributed by atoms with E-state index in [1.807, 2.05) is 29.6 Å². The first-order chi connectivity index (χ1) is 15.3. The lowest BCUT2D eigenvalue weighted by atomic mass is 10.1. The standard InChI is InChI=1S/C19H26N4O3.C2HF3O2/c1-5-9-23-15(10-13(3)21-23)12-22(4)17-8-7-14(20-18(24)6-2)11-16(17)19(25)26;3-2(4,5)1(6)7/h7-8,10-11H,5-6,9,12H2,1-4H3,(H,20,24)(H,25,26);(H,6,7). The zero-order valence-corrected chi connectivity index (χ0v) is 18.7. The van der Waals surface area contributed by atoms with Gasteiger partial charge in [0.2, 0.25) is 5.91 Å². The molecule has 3 N–H and O–H groups in total. The second kappa shape index (κ2) is 11.9. The number of aliphatic carboxylic acids is 1. The second-order valence-electron chi connectivity index (χ2n) is 7.10. The summed E-state index contributed by atoms with van der Waals surface area (Å²) in [6.45, 7) is 7.16. The Hall–Kier alpha value is -3.57. The Morgan fingerprint density at radius 2 is 1.76 bits per heavy atom. The summed E-state index contributed by atoms with van der Waals surface area (Å²) in [6.07, 6.45) is -3.77. The minimum absolute atomic E-state index is 0.151. The number of hydrogen-bond donors (Lipinski definition) is 3. The number of hydrogen-bond acceptors (Lipinski definition) is 5. The fraction of sp³-hybridized carbons (Fsp3) is 0.429. The van der Waals surface area contributed by atoms with Gasteiger partial charge in [0.05, 0.1) is 29.2 Å². The van der Waals surface area contributed by atoms with E-state index in [0.29, 0.717) is 24.3 Å². The van der Waals surface area contributed by atoms with Gasteiger partial charge >= 0.3 is 18.1 Å².